The number of rotatable bonds is 7. The fourth-order valence-corrected chi connectivity index (χ4v) is 9.53. The van der Waals surface area contributed by atoms with E-state index in [0.29, 0.717) is 17.1 Å². The quantitative estimate of drug-likeness (QED) is 0.118. The van der Waals surface area contributed by atoms with Crippen LogP contribution in [0.2, 0.25) is 0 Å². The summed E-state index contributed by atoms with van der Waals surface area (Å²) in [4.78, 5) is 4.77. The summed E-state index contributed by atoms with van der Waals surface area (Å²) in [6.07, 6.45) is -14.5. The Labute approximate surface area is 485 Å². The predicted molar refractivity (Wildman–Crippen MR) is 302 cm³/mol. The third-order valence-electron chi connectivity index (χ3n) is 13.2. The van der Waals surface area contributed by atoms with Crippen LogP contribution >= 0.6 is 0 Å². The van der Waals surface area contributed by atoms with E-state index in [0.717, 1.165) is 44.6 Å². The molecule has 0 saturated heterocycles. The van der Waals surface area contributed by atoms with Crippen molar-refractivity contribution in [2.45, 2.75) is 128 Å². The van der Waals surface area contributed by atoms with E-state index in [9.17, 15) is 19.2 Å². The average Bonchev–Trinajstić information content (AvgIpc) is 0.858. The Morgan fingerprint density at radius 1 is 0.589 bits per heavy atom. The lowest BCUT2D eigenvalue weighted by Gasteiger charge is -2.42. The molecule has 3 heterocycles. The Kier molecular flexibility index (Phi) is 4.78. The molecule has 73 heavy (non-hydrogen) atoms. The Morgan fingerprint density at radius 3 is 1.81 bits per heavy atom. The van der Waals surface area contributed by atoms with Crippen molar-refractivity contribution in [3.8, 4) is 50.9 Å². The van der Waals surface area contributed by atoms with Crippen LogP contribution in [0.5, 0.6) is 11.5 Å². The summed E-state index contributed by atoms with van der Waals surface area (Å²) in [7, 11) is 0. The molecule has 2 aliphatic carbocycles. The average molecular weight is 996 g/mol. The maximum Gasteiger partial charge on any atom is 0.269 e. The number of aromatic nitrogens is 4. The molecule has 7 aromatic carbocycles. The largest absolute Gasteiger partial charge is 0.458 e. The zero-order valence-electron chi connectivity index (χ0n) is 77.3. The van der Waals surface area contributed by atoms with Gasteiger partial charge in [-0.3, -0.25) is 13.7 Å². The van der Waals surface area contributed by atoms with Crippen molar-refractivity contribution in [2.24, 2.45) is 0 Å². The number of ether oxygens (including phenoxy) is 1. The molecule has 5 nitrogen and oxygen atoms in total. The molecule has 10 aromatic rings. The first kappa shape index (κ1) is 20.9. The van der Waals surface area contributed by atoms with Gasteiger partial charge in [-0.1, -0.05) is 179 Å². The molecule has 0 spiro atoms. The molecule has 0 atom stereocenters. The van der Waals surface area contributed by atoms with Gasteiger partial charge in [0.05, 0.1) is 41.7 Å². The first-order chi connectivity index (χ1) is 50.4. The molecule has 0 N–H and O–H groups in total. The minimum absolute atomic E-state index is 0.0535. The van der Waals surface area contributed by atoms with Gasteiger partial charge in [0.2, 0.25) is 0 Å². The number of pyridine rings is 1. The van der Waals surface area contributed by atoms with Gasteiger partial charge in [0.15, 0.2) is 0 Å². The van der Waals surface area contributed by atoms with Crippen LogP contribution in [0.3, 0.4) is 0 Å². The van der Waals surface area contributed by atoms with E-state index < -0.39 is 188 Å². The van der Waals surface area contributed by atoms with Crippen molar-refractivity contribution >= 4 is 32.8 Å². The van der Waals surface area contributed by atoms with Crippen molar-refractivity contribution in [3.05, 3.63) is 198 Å². The van der Waals surface area contributed by atoms with E-state index in [1.165, 1.54) is 41.0 Å². The summed E-state index contributed by atoms with van der Waals surface area (Å²) in [6, 6.07) is 21.1. The van der Waals surface area contributed by atoms with Crippen LogP contribution in [0, 0.1) is 6.33 Å². The van der Waals surface area contributed by atoms with Crippen molar-refractivity contribution in [2.75, 3.05) is 0 Å². The van der Waals surface area contributed by atoms with Gasteiger partial charge in [0.25, 0.3) is 6.33 Å². The molecular formula is C68H68N4O. The van der Waals surface area contributed by atoms with E-state index >= 15 is 0 Å². The molecule has 0 aliphatic heterocycles. The Balaban J connectivity index is 1.25. The monoisotopic (exact) mass is 995 g/mol. The highest BCUT2D eigenvalue weighted by molar-refractivity contribution is 6.09. The number of nitrogens with zero attached hydrogens (tertiary/aromatic N) is 4. The second-order valence-electron chi connectivity index (χ2n) is 19.2. The Hall–Kier alpha value is -7.24. The fraction of sp³-hybridized carbons (Fsp3) is 0.294. The molecule has 0 bridgehead atoms. The summed E-state index contributed by atoms with van der Waals surface area (Å²) in [5, 5.41) is 1.71. The summed E-state index contributed by atoms with van der Waals surface area (Å²) in [5.74, 6) is 1.02. The lowest BCUT2D eigenvalue weighted by atomic mass is 9.62. The molecule has 0 fully saturated rings. The van der Waals surface area contributed by atoms with Gasteiger partial charge in [-0.15, -0.1) is 0 Å². The normalized spacial score (nSPS) is 28.4. The number of benzene rings is 7. The molecule has 2 aliphatic rings. The highest BCUT2D eigenvalue weighted by Crippen LogP contribution is 2.50. The standard InChI is InChI=1S/C68H68N4O/c1-64(2,3)46-32-37-69-62(40-46)72-58-23-13-12-20-52(58)53-29-28-49(42-61(53)72)73-48-19-16-18-47(41-48)70-43-71(60-25-15-14-24-59(60)70)63-50(44-26-30-54-56(38-44)67(8,9)35-33-65(54,4)5)21-17-22-51(63)45-27-31-55-57(39-45)68(10,11)36-34-66(55,6)7/h12-32,37-42H,33-36H2,1-11H3/i4D3,5D3,6D3,7D3,8D3,9D3,10D3,11D3,26D,27D,30D,31D,33D2,34D2,35D2,36D2,38D,39D. The minimum Gasteiger partial charge on any atom is -0.458 e. The van der Waals surface area contributed by atoms with E-state index in [1.54, 1.807) is 30.5 Å². The van der Waals surface area contributed by atoms with Crippen LogP contribution in [0.25, 0.3) is 72.3 Å². The minimum atomic E-state index is -4.84. The molecule has 3 aromatic heterocycles. The highest BCUT2D eigenvalue weighted by Gasteiger charge is 2.39. The van der Waals surface area contributed by atoms with Gasteiger partial charge in [0, 0.05) is 66.9 Å². The third-order valence-corrected chi connectivity index (χ3v) is 13.2. The summed E-state index contributed by atoms with van der Waals surface area (Å²) in [6.45, 7) is -30.2. The van der Waals surface area contributed by atoms with Crippen LogP contribution in [-0.2, 0) is 27.1 Å². The lowest BCUT2D eigenvalue weighted by Crippen LogP contribution is -2.34. The number of hydrogen-bond donors (Lipinski definition) is 0. The first-order valence-corrected chi connectivity index (χ1v) is 23.1. The van der Waals surface area contributed by atoms with E-state index in [1.807, 2.05) is 47.0 Å². The molecule has 0 saturated carbocycles. The molecule has 0 unspecified atom stereocenters. The third kappa shape index (κ3) is 7.89. The van der Waals surface area contributed by atoms with Gasteiger partial charge in [-0.25, -0.2) is 4.98 Å². The lowest BCUT2D eigenvalue weighted by molar-refractivity contribution is -0.571. The molecular weight excluding hydrogens is 889 g/mol. The van der Waals surface area contributed by atoms with Gasteiger partial charge in [-0.2, -0.15) is 0 Å². The second kappa shape index (κ2) is 16.6. The molecule has 366 valence electrons. The topological polar surface area (TPSA) is 35.9 Å². The number of hydrogen-bond acceptors (Lipinski definition) is 2. The van der Waals surface area contributed by atoms with E-state index in [2.05, 4.69) is 27.1 Å². The molecule has 0 amide bonds. The van der Waals surface area contributed by atoms with Crippen LogP contribution in [0.1, 0.15) is 181 Å². The first-order valence-electron chi connectivity index (χ1n) is 42.1. The van der Waals surface area contributed by atoms with Crippen LogP contribution < -0.4 is 9.30 Å². The smallest absolute Gasteiger partial charge is 0.269 e. The van der Waals surface area contributed by atoms with Gasteiger partial charge in [-0.05, 0) is 151 Å². The van der Waals surface area contributed by atoms with Crippen molar-refractivity contribution < 1.29 is 61.4 Å². The van der Waals surface area contributed by atoms with E-state index in [-0.39, 0.29) is 27.9 Å². The highest BCUT2D eigenvalue weighted by atomic mass is 16.5. The fourth-order valence-electron chi connectivity index (χ4n) is 9.53. The second-order valence-corrected chi connectivity index (χ2v) is 19.2. The van der Waals surface area contributed by atoms with Crippen LogP contribution in [0.15, 0.2) is 164 Å². The molecule has 12 rings (SSSR count). The van der Waals surface area contributed by atoms with Crippen molar-refractivity contribution in [1.29, 1.82) is 0 Å². The van der Waals surface area contributed by atoms with Gasteiger partial charge >= 0.3 is 0 Å². The van der Waals surface area contributed by atoms with Crippen LogP contribution in [-0.4, -0.2) is 14.1 Å². The zero-order valence-corrected chi connectivity index (χ0v) is 39.3. The van der Waals surface area contributed by atoms with Crippen molar-refractivity contribution in [3.63, 3.8) is 0 Å². The Morgan fingerprint density at radius 2 is 1.16 bits per heavy atom. The summed E-state index contributed by atoms with van der Waals surface area (Å²) >= 11 is 0. The summed E-state index contributed by atoms with van der Waals surface area (Å²) < 4.78 is 363. The van der Waals surface area contributed by atoms with Crippen molar-refractivity contribution in [1.82, 2.24) is 14.1 Å². The number of imidazole rings is 1. The van der Waals surface area contributed by atoms with Gasteiger partial charge in [0.1, 0.15) is 17.3 Å². The number of para-hydroxylation sites is 4. The predicted octanol–water partition coefficient (Wildman–Crippen LogP) is 17.3. The van der Waals surface area contributed by atoms with E-state index in [4.69, 9.17) is 42.6 Å². The van der Waals surface area contributed by atoms with Crippen LogP contribution in [0.4, 0.5) is 0 Å². The maximum atomic E-state index is 10.4. The maximum absolute atomic E-state index is 10.4. The van der Waals surface area contributed by atoms with Gasteiger partial charge < -0.3 is 4.74 Å². The zero-order chi connectivity index (χ0) is 83.2. The number of fused-ring (bicyclic) bond motifs is 6. The molecule has 5 heteroatoms. The Bertz CT molecular complexity index is 5260. The summed E-state index contributed by atoms with van der Waals surface area (Å²) in [5.41, 5.74) is -29.3. The SMILES string of the molecule is [2H]c1c([2H])c2c(c([2H])c1-c1cccc(-c3c([2H])c([2H])c4c(c3[2H])C(C([2H])([2H])[2H])(C([2H])([2H])[2H])C([2H])([2H])C([2H])([2H])C4(C([2H])([2H])[2H])C([2H])([2H])[2H])c1-[n+]1[c-]n(-c3cccc(Oc4ccc5c6ccccc6n(-c6cc(C(C)(C)C)ccn6)c5c4)c3)c3ccccc31)C(C([2H])([2H])[2H])(C([2H])([2H])[2H])C([2H])([2H])C([2H])([2H])C2(C([2H])([2H])[2H])C([2H])([2H])[2H]. The molecule has 0 radical (unpaired) electrons.